The number of hydrogen-bond acceptors (Lipinski definition) is 0. The Bertz CT molecular complexity index is 1280. The molecule has 2 atom stereocenters. The van der Waals surface area contributed by atoms with Gasteiger partial charge in [-0.15, -0.1) is 0 Å². The molecule has 2 aromatic rings. The number of aryl methyl sites for hydroxylation is 2. The lowest BCUT2D eigenvalue weighted by Gasteiger charge is -2.39. The quantitative estimate of drug-likeness (QED) is 0.376. The molecule has 36 heavy (non-hydrogen) atoms. The second-order valence-corrected chi connectivity index (χ2v) is 12.6. The highest BCUT2D eigenvalue weighted by Gasteiger charge is 2.33. The summed E-state index contributed by atoms with van der Waals surface area (Å²) in [5.41, 5.74) is 16.1. The molecule has 0 amide bonds. The Morgan fingerprint density at radius 1 is 0.972 bits per heavy atom. The minimum Gasteiger partial charge on any atom is -0.0989 e. The standard InChI is InChI=1S/C36H44/c1-23-17-26(4)33(22-30-12-8-9-16-36(30,6)7)35(18-23)31-13-10-11-29-19-28(21-34(29)31)20-32-25(3)15-14-24(2)27(32)5/h10-11,13-14,17-19,30,32H,3,5,8-9,12,15-16,20-22H2,1-2,4,6-7H3. The number of benzene rings is 2. The molecule has 0 aromatic heterocycles. The average molecular weight is 477 g/mol. The zero-order chi connectivity index (χ0) is 25.6. The van der Waals surface area contributed by atoms with E-state index in [9.17, 15) is 0 Å². The molecule has 1 fully saturated rings. The van der Waals surface area contributed by atoms with Gasteiger partial charge in [0.25, 0.3) is 0 Å². The van der Waals surface area contributed by atoms with Gasteiger partial charge in [0.15, 0.2) is 0 Å². The molecule has 0 heteroatoms. The Morgan fingerprint density at radius 2 is 1.78 bits per heavy atom. The van der Waals surface area contributed by atoms with Crippen molar-refractivity contribution in [3.05, 3.63) is 99.7 Å². The highest BCUT2D eigenvalue weighted by atomic mass is 14.4. The first-order valence-corrected chi connectivity index (χ1v) is 14.1. The smallest absolute Gasteiger partial charge is 0.00826 e. The highest BCUT2D eigenvalue weighted by molar-refractivity contribution is 5.80. The molecule has 0 spiro atoms. The Kier molecular flexibility index (Phi) is 6.75. The average Bonchev–Trinajstić information content (AvgIpc) is 3.24. The topological polar surface area (TPSA) is 0 Å². The summed E-state index contributed by atoms with van der Waals surface area (Å²) in [6, 6.07) is 11.8. The first-order chi connectivity index (χ1) is 17.1. The maximum atomic E-state index is 4.43. The lowest BCUT2D eigenvalue weighted by Crippen LogP contribution is -2.29. The summed E-state index contributed by atoms with van der Waals surface area (Å²) in [6.45, 7) is 20.6. The molecule has 188 valence electrons. The van der Waals surface area contributed by atoms with Crippen LogP contribution in [0.3, 0.4) is 0 Å². The van der Waals surface area contributed by atoms with Crippen LogP contribution in [0.4, 0.5) is 0 Å². The van der Waals surface area contributed by atoms with E-state index < -0.39 is 0 Å². The second-order valence-electron chi connectivity index (χ2n) is 12.6. The SMILES string of the molecule is C=C1CC=C(C)C(=C)C1CC1=Cc2cccc(-c3cc(C)cc(C)c3CC3CCCCC3(C)C)c2C1. The molecule has 1 saturated carbocycles. The zero-order valence-electron chi connectivity index (χ0n) is 23.3. The third-order valence-electron chi connectivity index (χ3n) is 9.62. The van der Waals surface area contributed by atoms with Crippen molar-refractivity contribution in [1.29, 1.82) is 0 Å². The van der Waals surface area contributed by atoms with Crippen molar-refractivity contribution in [1.82, 2.24) is 0 Å². The first kappa shape index (κ1) is 25.1. The summed E-state index contributed by atoms with van der Waals surface area (Å²) in [4.78, 5) is 0. The van der Waals surface area contributed by atoms with E-state index in [0.717, 1.165) is 25.2 Å². The van der Waals surface area contributed by atoms with Crippen LogP contribution in [0.15, 0.2) is 71.9 Å². The van der Waals surface area contributed by atoms with Gasteiger partial charge >= 0.3 is 0 Å². The first-order valence-electron chi connectivity index (χ1n) is 14.1. The summed E-state index contributed by atoms with van der Waals surface area (Å²) >= 11 is 0. The molecule has 0 radical (unpaired) electrons. The molecule has 0 saturated heterocycles. The maximum Gasteiger partial charge on any atom is 0.00826 e. The lowest BCUT2D eigenvalue weighted by molar-refractivity contribution is 0.137. The van der Waals surface area contributed by atoms with Crippen LogP contribution < -0.4 is 0 Å². The number of allylic oxidation sites excluding steroid dienone is 5. The van der Waals surface area contributed by atoms with E-state index in [1.54, 1.807) is 5.56 Å². The molecule has 0 heterocycles. The zero-order valence-corrected chi connectivity index (χ0v) is 23.3. The van der Waals surface area contributed by atoms with Crippen molar-refractivity contribution in [3.8, 4) is 11.1 Å². The Balaban J connectivity index is 1.47. The van der Waals surface area contributed by atoms with Crippen LogP contribution in [0, 0.1) is 31.1 Å². The molecule has 2 aromatic carbocycles. The third-order valence-corrected chi connectivity index (χ3v) is 9.62. The van der Waals surface area contributed by atoms with Gasteiger partial charge in [-0.1, -0.05) is 105 Å². The Labute approximate surface area is 219 Å². The summed E-state index contributed by atoms with van der Waals surface area (Å²) in [7, 11) is 0. The van der Waals surface area contributed by atoms with Crippen LogP contribution >= 0.6 is 0 Å². The van der Waals surface area contributed by atoms with Crippen molar-refractivity contribution in [2.24, 2.45) is 17.3 Å². The van der Waals surface area contributed by atoms with Gasteiger partial charge in [0, 0.05) is 5.92 Å². The van der Waals surface area contributed by atoms with Crippen LogP contribution in [-0.2, 0) is 12.8 Å². The van der Waals surface area contributed by atoms with Gasteiger partial charge in [0.05, 0.1) is 0 Å². The van der Waals surface area contributed by atoms with Gasteiger partial charge < -0.3 is 0 Å². The fraction of sp³-hybridized carbons (Fsp3) is 0.444. The van der Waals surface area contributed by atoms with Gasteiger partial charge in [-0.05, 0) is 110 Å². The van der Waals surface area contributed by atoms with Crippen molar-refractivity contribution < 1.29 is 0 Å². The molecular weight excluding hydrogens is 432 g/mol. The Hall–Kier alpha value is -2.60. The highest BCUT2D eigenvalue weighted by Crippen LogP contribution is 2.46. The van der Waals surface area contributed by atoms with Crippen LogP contribution in [0.5, 0.6) is 0 Å². The van der Waals surface area contributed by atoms with E-state index in [-0.39, 0.29) is 0 Å². The predicted molar refractivity (Wildman–Crippen MR) is 157 cm³/mol. The number of fused-ring (bicyclic) bond motifs is 1. The van der Waals surface area contributed by atoms with Crippen LogP contribution in [0.25, 0.3) is 17.2 Å². The summed E-state index contributed by atoms with van der Waals surface area (Å²) in [6.07, 6.45) is 14.5. The summed E-state index contributed by atoms with van der Waals surface area (Å²) in [5.74, 6) is 1.14. The fourth-order valence-electron chi connectivity index (χ4n) is 7.13. The molecule has 3 aliphatic rings. The molecule has 5 rings (SSSR count). The van der Waals surface area contributed by atoms with E-state index in [4.69, 9.17) is 0 Å². The fourth-order valence-corrected chi connectivity index (χ4v) is 7.13. The van der Waals surface area contributed by atoms with E-state index in [0.29, 0.717) is 11.3 Å². The summed E-state index contributed by atoms with van der Waals surface area (Å²) < 4.78 is 0. The molecule has 0 aliphatic heterocycles. The van der Waals surface area contributed by atoms with E-state index >= 15 is 0 Å². The van der Waals surface area contributed by atoms with Gasteiger partial charge in [0.1, 0.15) is 0 Å². The number of rotatable bonds is 5. The molecule has 0 bridgehead atoms. The molecule has 3 aliphatic carbocycles. The van der Waals surface area contributed by atoms with Crippen LogP contribution in [-0.4, -0.2) is 0 Å². The molecule has 2 unspecified atom stereocenters. The van der Waals surface area contributed by atoms with Gasteiger partial charge in [0.2, 0.25) is 0 Å². The van der Waals surface area contributed by atoms with Crippen molar-refractivity contribution in [3.63, 3.8) is 0 Å². The molecule has 0 nitrogen and oxygen atoms in total. The second kappa shape index (κ2) is 9.70. The predicted octanol–water partition coefficient (Wildman–Crippen LogP) is 10.1. The van der Waals surface area contributed by atoms with Gasteiger partial charge in [-0.3, -0.25) is 0 Å². The van der Waals surface area contributed by atoms with E-state index in [2.05, 4.69) is 90.3 Å². The van der Waals surface area contributed by atoms with Crippen molar-refractivity contribution in [2.75, 3.05) is 0 Å². The van der Waals surface area contributed by atoms with Crippen molar-refractivity contribution in [2.45, 2.75) is 86.0 Å². The Morgan fingerprint density at radius 3 is 2.56 bits per heavy atom. The number of hydrogen-bond donors (Lipinski definition) is 0. The normalized spacial score (nSPS) is 23.4. The van der Waals surface area contributed by atoms with Gasteiger partial charge in [-0.25, -0.2) is 0 Å². The lowest BCUT2D eigenvalue weighted by atomic mass is 9.66. The van der Waals surface area contributed by atoms with Crippen molar-refractivity contribution >= 4 is 6.08 Å². The largest absolute Gasteiger partial charge is 0.0989 e. The third kappa shape index (κ3) is 4.72. The van der Waals surface area contributed by atoms with Crippen LogP contribution in [0.2, 0.25) is 0 Å². The minimum absolute atomic E-state index is 0.379. The van der Waals surface area contributed by atoms with E-state index in [1.807, 2.05) is 0 Å². The molecule has 0 N–H and O–H groups in total. The molecular formula is C36H44. The monoisotopic (exact) mass is 476 g/mol. The van der Waals surface area contributed by atoms with Gasteiger partial charge in [-0.2, -0.15) is 0 Å². The van der Waals surface area contributed by atoms with E-state index in [1.165, 1.54) is 87.8 Å². The minimum atomic E-state index is 0.379. The summed E-state index contributed by atoms with van der Waals surface area (Å²) in [5, 5.41) is 0. The van der Waals surface area contributed by atoms with Crippen LogP contribution in [0.1, 0.15) is 87.1 Å². The maximum absolute atomic E-state index is 4.43.